The van der Waals surface area contributed by atoms with Crippen LogP contribution in [0.1, 0.15) is 34.7 Å². The van der Waals surface area contributed by atoms with Gasteiger partial charge < -0.3 is 14.1 Å². The van der Waals surface area contributed by atoms with Crippen LogP contribution in [-0.2, 0) is 17.9 Å². The number of aromatic nitrogens is 2. The van der Waals surface area contributed by atoms with Crippen LogP contribution in [0.2, 0.25) is 5.02 Å². The summed E-state index contributed by atoms with van der Waals surface area (Å²) in [5.41, 5.74) is 2.34. The standard InChI is InChI=1S/C21H20ClN3O3/c1-27-13-14-6-8-15(9-7-14)21(26)25(16-10-11-16)12-19-23-24-20(28-19)17-4-2-3-5-18(17)22/h2-9,16H,10-13H2,1H3. The van der Waals surface area contributed by atoms with Crippen molar-refractivity contribution in [2.24, 2.45) is 0 Å². The Kier molecular flexibility index (Phi) is 5.41. The average molecular weight is 398 g/mol. The predicted molar refractivity (Wildman–Crippen MR) is 105 cm³/mol. The number of hydrogen-bond donors (Lipinski definition) is 0. The van der Waals surface area contributed by atoms with Gasteiger partial charge >= 0.3 is 0 Å². The van der Waals surface area contributed by atoms with E-state index in [4.69, 9.17) is 20.8 Å². The Bertz CT molecular complexity index is 967. The first-order chi connectivity index (χ1) is 13.7. The monoisotopic (exact) mass is 397 g/mol. The largest absolute Gasteiger partial charge is 0.419 e. The van der Waals surface area contributed by atoms with Crippen molar-refractivity contribution in [3.05, 3.63) is 70.6 Å². The first kappa shape index (κ1) is 18.7. The number of amides is 1. The van der Waals surface area contributed by atoms with Gasteiger partial charge in [0.15, 0.2) is 0 Å². The summed E-state index contributed by atoms with van der Waals surface area (Å²) in [7, 11) is 1.65. The van der Waals surface area contributed by atoms with E-state index in [9.17, 15) is 4.79 Å². The van der Waals surface area contributed by atoms with Gasteiger partial charge in [-0.3, -0.25) is 4.79 Å². The third-order valence-corrected chi connectivity index (χ3v) is 4.97. The van der Waals surface area contributed by atoms with E-state index < -0.39 is 0 Å². The number of carbonyl (C=O) groups excluding carboxylic acids is 1. The highest BCUT2D eigenvalue weighted by atomic mass is 35.5. The maximum Gasteiger partial charge on any atom is 0.254 e. The molecule has 0 aliphatic heterocycles. The summed E-state index contributed by atoms with van der Waals surface area (Å²) in [4.78, 5) is 14.8. The van der Waals surface area contributed by atoms with Crippen molar-refractivity contribution < 1.29 is 13.9 Å². The smallest absolute Gasteiger partial charge is 0.254 e. The van der Waals surface area contributed by atoms with Crippen molar-refractivity contribution in [3.8, 4) is 11.5 Å². The quantitative estimate of drug-likeness (QED) is 0.593. The highest BCUT2D eigenvalue weighted by molar-refractivity contribution is 6.33. The van der Waals surface area contributed by atoms with E-state index in [2.05, 4.69) is 10.2 Å². The zero-order chi connectivity index (χ0) is 19.5. The SMILES string of the molecule is COCc1ccc(C(=O)N(Cc2nnc(-c3ccccc3Cl)o2)C2CC2)cc1. The van der Waals surface area contributed by atoms with Gasteiger partial charge in [-0.2, -0.15) is 0 Å². The number of halogens is 1. The first-order valence-electron chi connectivity index (χ1n) is 9.12. The van der Waals surface area contributed by atoms with Gasteiger partial charge in [0.05, 0.1) is 23.7 Å². The molecule has 1 amide bonds. The summed E-state index contributed by atoms with van der Waals surface area (Å²) in [5.74, 6) is 0.711. The lowest BCUT2D eigenvalue weighted by Crippen LogP contribution is -2.32. The van der Waals surface area contributed by atoms with Crippen LogP contribution in [0.3, 0.4) is 0 Å². The Balaban J connectivity index is 1.51. The number of nitrogens with zero attached hydrogens (tertiary/aromatic N) is 3. The normalized spacial score (nSPS) is 13.5. The van der Waals surface area contributed by atoms with Gasteiger partial charge in [-0.1, -0.05) is 35.9 Å². The molecule has 0 bridgehead atoms. The molecular weight excluding hydrogens is 378 g/mol. The van der Waals surface area contributed by atoms with Crippen LogP contribution < -0.4 is 0 Å². The Labute approximate surface area is 168 Å². The third kappa shape index (κ3) is 4.08. The van der Waals surface area contributed by atoms with Gasteiger partial charge in [0.1, 0.15) is 0 Å². The molecule has 1 saturated carbocycles. The molecule has 0 N–H and O–H groups in total. The molecule has 0 unspecified atom stereocenters. The van der Waals surface area contributed by atoms with Crippen molar-refractivity contribution in [2.45, 2.75) is 32.0 Å². The van der Waals surface area contributed by atoms with Crippen molar-refractivity contribution in [1.29, 1.82) is 0 Å². The molecule has 28 heavy (non-hydrogen) atoms. The maximum atomic E-state index is 13.0. The molecule has 1 fully saturated rings. The maximum absolute atomic E-state index is 13.0. The Hall–Kier alpha value is -2.70. The van der Waals surface area contributed by atoms with E-state index in [1.54, 1.807) is 18.1 Å². The van der Waals surface area contributed by atoms with Crippen LogP contribution in [-0.4, -0.2) is 34.2 Å². The number of rotatable bonds is 7. The summed E-state index contributed by atoms with van der Waals surface area (Å²) in [6.45, 7) is 0.800. The van der Waals surface area contributed by atoms with E-state index in [1.807, 2.05) is 42.5 Å². The summed E-state index contributed by atoms with van der Waals surface area (Å²) in [6.07, 6.45) is 1.97. The summed E-state index contributed by atoms with van der Waals surface area (Å²) in [6, 6.07) is 15.0. The summed E-state index contributed by atoms with van der Waals surface area (Å²) >= 11 is 6.20. The molecule has 1 aliphatic carbocycles. The minimum atomic E-state index is -0.0380. The molecule has 0 spiro atoms. The number of benzene rings is 2. The number of hydrogen-bond acceptors (Lipinski definition) is 5. The van der Waals surface area contributed by atoms with Crippen LogP contribution in [0.25, 0.3) is 11.5 Å². The number of carbonyl (C=O) groups is 1. The second-order valence-corrected chi connectivity index (χ2v) is 7.18. The summed E-state index contributed by atoms with van der Waals surface area (Å²) < 4.78 is 10.9. The number of ether oxygens (including phenoxy) is 1. The topological polar surface area (TPSA) is 68.5 Å². The van der Waals surface area contributed by atoms with Crippen LogP contribution in [0.4, 0.5) is 0 Å². The minimum Gasteiger partial charge on any atom is -0.419 e. The van der Waals surface area contributed by atoms with E-state index in [0.29, 0.717) is 34.5 Å². The number of methoxy groups -OCH3 is 1. The zero-order valence-corrected chi connectivity index (χ0v) is 16.2. The van der Waals surface area contributed by atoms with Crippen LogP contribution >= 0.6 is 11.6 Å². The second kappa shape index (κ2) is 8.12. The first-order valence-corrected chi connectivity index (χ1v) is 9.49. The van der Waals surface area contributed by atoms with Crippen molar-refractivity contribution >= 4 is 17.5 Å². The molecule has 7 heteroatoms. The van der Waals surface area contributed by atoms with Crippen LogP contribution in [0.5, 0.6) is 0 Å². The molecule has 3 aromatic rings. The van der Waals surface area contributed by atoms with Gasteiger partial charge in [-0.15, -0.1) is 10.2 Å². The Morgan fingerprint density at radius 3 is 2.61 bits per heavy atom. The van der Waals surface area contributed by atoms with Crippen molar-refractivity contribution in [1.82, 2.24) is 15.1 Å². The molecule has 6 nitrogen and oxygen atoms in total. The lowest BCUT2D eigenvalue weighted by atomic mass is 10.1. The van der Waals surface area contributed by atoms with E-state index >= 15 is 0 Å². The fourth-order valence-corrected chi connectivity index (χ4v) is 3.25. The third-order valence-electron chi connectivity index (χ3n) is 4.64. The molecule has 1 heterocycles. The van der Waals surface area contributed by atoms with Gasteiger partial charge in [-0.25, -0.2) is 0 Å². The molecule has 2 aromatic carbocycles. The molecule has 0 atom stereocenters. The Morgan fingerprint density at radius 1 is 1.18 bits per heavy atom. The molecule has 1 aliphatic rings. The average Bonchev–Trinajstić information content (AvgIpc) is 3.45. The van der Waals surface area contributed by atoms with Gasteiger partial charge in [0.25, 0.3) is 5.91 Å². The molecule has 0 radical (unpaired) electrons. The van der Waals surface area contributed by atoms with Gasteiger partial charge in [0.2, 0.25) is 11.8 Å². The fourth-order valence-electron chi connectivity index (χ4n) is 3.04. The molecule has 0 saturated heterocycles. The van der Waals surface area contributed by atoms with Gasteiger partial charge in [0, 0.05) is 18.7 Å². The molecule has 144 valence electrons. The summed E-state index contributed by atoms with van der Waals surface area (Å²) in [5, 5.41) is 8.75. The van der Waals surface area contributed by atoms with E-state index in [0.717, 1.165) is 18.4 Å². The highest BCUT2D eigenvalue weighted by Crippen LogP contribution is 2.31. The Morgan fingerprint density at radius 2 is 1.93 bits per heavy atom. The fraction of sp³-hybridized carbons (Fsp3) is 0.286. The minimum absolute atomic E-state index is 0.0380. The lowest BCUT2D eigenvalue weighted by molar-refractivity contribution is 0.0714. The van der Waals surface area contributed by atoms with Crippen molar-refractivity contribution in [3.63, 3.8) is 0 Å². The predicted octanol–water partition coefficient (Wildman–Crippen LogP) is 4.34. The second-order valence-electron chi connectivity index (χ2n) is 6.77. The lowest BCUT2D eigenvalue weighted by Gasteiger charge is -2.20. The molecule has 4 rings (SSSR count). The van der Waals surface area contributed by atoms with E-state index in [1.165, 1.54) is 0 Å². The van der Waals surface area contributed by atoms with Crippen molar-refractivity contribution in [2.75, 3.05) is 7.11 Å². The zero-order valence-electron chi connectivity index (χ0n) is 15.5. The molecule has 1 aromatic heterocycles. The van der Waals surface area contributed by atoms with E-state index in [-0.39, 0.29) is 18.5 Å². The van der Waals surface area contributed by atoms with Gasteiger partial charge in [-0.05, 0) is 42.7 Å². The molecular formula is C21H20ClN3O3. The highest BCUT2D eigenvalue weighted by Gasteiger charge is 2.34. The van der Waals surface area contributed by atoms with Crippen LogP contribution in [0.15, 0.2) is 52.9 Å². The van der Waals surface area contributed by atoms with Crippen LogP contribution in [0, 0.1) is 0 Å².